The number of aryl methyl sites for hydroxylation is 1. The Morgan fingerprint density at radius 1 is 1.12 bits per heavy atom. The maximum absolute atomic E-state index is 11.5. The van der Waals surface area contributed by atoms with E-state index in [-0.39, 0.29) is 35.5 Å². The molecule has 0 saturated carbocycles. The van der Waals surface area contributed by atoms with Crippen LogP contribution < -0.4 is 34.3 Å². The van der Waals surface area contributed by atoms with E-state index in [9.17, 15) is 9.59 Å². The van der Waals surface area contributed by atoms with Crippen molar-refractivity contribution in [2.24, 2.45) is 0 Å². The van der Waals surface area contributed by atoms with Crippen LogP contribution in [0, 0.1) is 0 Å². The molecule has 2 amide bonds. The van der Waals surface area contributed by atoms with Gasteiger partial charge >= 0.3 is 29.6 Å². The van der Waals surface area contributed by atoms with Crippen molar-refractivity contribution in [2.45, 2.75) is 31.4 Å². The number of ether oxygens (including phenoxy) is 1. The summed E-state index contributed by atoms with van der Waals surface area (Å²) in [6, 6.07) is 11.7. The zero-order valence-corrected chi connectivity index (χ0v) is 17.8. The van der Waals surface area contributed by atoms with Crippen LogP contribution in [-0.4, -0.2) is 28.0 Å². The van der Waals surface area contributed by atoms with Gasteiger partial charge in [-0.25, -0.2) is 0 Å². The molecule has 0 aliphatic carbocycles. The number of hydrogen-bond donors (Lipinski definition) is 0. The molecular formula is C19H19N2NaO3S. The summed E-state index contributed by atoms with van der Waals surface area (Å²) in [6.07, 6.45) is 4.15. The number of aromatic nitrogens is 1. The van der Waals surface area contributed by atoms with Gasteiger partial charge in [-0.05, 0) is 42.2 Å². The standard InChI is InChI=1S/C19H20N2O3S.Na/c1-2-13-3-6-15(20-12-13)9-10-24-16-7-4-14(5-8-16)11-17-18(22)21-19(23)25-17;/h3-8,12,17H,2,9-11H2,1H3,(H,21,22,23);/q;+1/p-1. The first-order valence-corrected chi connectivity index (χ1v) is 9.13. The van der Waals surface area contributed by atoms with Crippen molar-refractivity contribution in [3.8, 4) is 5.75 Å². The average molecular weight is 378 g/mol. The molecule has 1 saturated heterocycles. The molecule has 0 bridgehead atoms. The molecule has 1 aromatic carbocycles. The van der Waals surface area contributed by atoms with Gasteiger partial charge < -0.3 is 19.6 Å². The molecule has 2 heterocycles. The zero-order chi connectivity index (χ0) is 17.6. The van der Waals surface area contributed by atoms with Crippen molar-refractivity contribution in [3.63, 3.8) is 0 Å². The molecule has 0 spiro atoms. The van der Waals surface area contributed by atoms with Gasteiger partial charge in [0.2, 0.25) is 0 Å². The summed E-state index contributed by atoms with van der Waals surface area (Å²) in [4.78, 5) is 27.1. The number of benzene rings is 1. The van der Waals surface area contributed by atoms with E-state index in [2.05, 4.69) is 23.3 Å². The van der Waals surface area contributed by atoms with Gasteiger partial charge in [-0.15, -0.1) is 0 Å². The van der Waals surface area contributed by atoms with E-state index in [4.69, 9.17) is 4.74 Å². The second-order valence-electron chi connectivity index (χ2n) is 5.78. The van der Waals surface area contributed by atoms with Gasteiger partial charge in [-0.2, -0.15) is 0 Å². The third-order valence-corrected chi connectivity index (χ3v) is 4.93. The third kappa shape index (κ3) is 5.84. The number of carbonyl (C=O) groups is 2. The summed E-state index contributed by atoms with van der Waals surface area (Å²) in [6.45, 7) is 2.67. The molecule has 1 atom stereocenters. The Balaban J connectivity index is 0.00000243. The van der Waals surface area contributed by atoms with Crippen LogP contribution >= 0.6 is 11.8 Å². The Morgan fingerprint density at radius 3 is 2.42 bits per heavy atom. The van der Waals surface area contributed by atoms with E-state index in [0.717, 1.165) is 41.6 Å². The Hall–Kier alpha value is -1.34. The normalized spacial score (nSPS) is 16.1. The topological polar surface area (TPSA) is 70.4 Å². The van der Waals surface area contributed by atoms with Crippen LogP contribution in [0.15, 0.2) is 42.6 Å². The Bertz CT molecular complexity index is 750. The largest absolute Gasteiger partial charge is 1.00 e. The van der Waals surface area contributed by atoms with E-state index in [1.54, 1.807) is 0 Å². The van der Waals surface area contributed by atoms with Crippen LogP contribution in [-0.2, 0) is 24.1 Å². The summed E-state index contributed by atoms with van der Waals surface area (Å²) in [5.74, 6) is 0.442. The number of hydrogen-bond acceptors (Lipinski definition) is 5. The molecule has 0 N–H and O–H groups in total. The van der Waals surface area contributed by atoms with E-state index in [1.807, 2.05) is 36.5 Å². The minimum Gasteiger partial charge on any atom is -0.585 e. The summed E-state index contributed by atoms with van der Waals surface area (Å²) < 4.78 is 5.74. The average Bonchev–Trinajstić information content (AvgIpc) is 2.94. The predicted octanol–water partition coefficient (Wildman–Crippen LogP) is 0.948. The van der Waals surface area contributed by atoms with E-state index >= 15 is 0 Å². The fourth-order valence-corrected chi connectivity index (χ4v) is 3.33. The maximum Gasteiger partial charge on any atom is 1.00 e. The molecule has 1 fully saturated rings. The predicted molar refractivity (Wildman–Crippen MR) is 98.1 cm³/mol. The minimum absolute atomic E-state index is 0. The van der Waals surface area contributed by atoms with Crippen molar-refractivity contribution in [1.82, 2.24) is 4.98 Å². The molecule has 1 aliphatic heterocycles. The molecule has 130 valence electrons. The Kier molecular flexibility index (Phi) is 8.15. The molecule has 1 aliphatic rings. The van der Waals surface area contributed by atoms with Gasteiger partial charge in [0, 0.05) is 18.3 Å². The number of thioether (sulfide) groups is 1. The third-order valence-electron chi connectivity index (χ3n) is 3.99. The summed E-state index contributed by atoms with van der Waals surface area (Å²) in [5.41, 5.74) is 3.23. The van der Waals surface area contributed by atoms with Crippen LogP contribution in [0.3, 0.4) is 0 Å². The molecule has 1 unspecified atom stereocenters. The van der Waals surface area contributed by atoms with Crippen molar-refractivity contribution in [2.75, 3.05) is 6.61 Å². The smallest absolute Gasteiger partial charge is 0.585 e. The van der Waals surface area contributed by atoms with Crippen LogP contribution in [0.4, 0.5) is 4.79 Å². The van der Waals surface area contributed by atoms with Gasteiger partial charge in [0.25, 0.3) is 0 Å². The van der Waals surface area contributed by atoms with E-state index in [1.165, 1.54) is 5.56 Å². The number of amides is 2. The first-order valence-electron chi connectivity index (χ1n) is 8.26. The van der Waals surface area contributed by atoms with Crippen LogP contribution in [0.2, 0.25) is 0 Å². The molecule has 1 aromatic heterocycles. The number of carbonyl (C=O) groups excluding carboxylic acids is 2. The van der Waals surface area contributed by atoms with Crippen molar-refractivity contribution in [1.29, 1.82) is 0 Å². The molecule has 2 aromatic rings. The zero-order valence-electron chi connectivity index (χ0n) is 15.0. The van der Waals surface area contributed by atoms with E-state index in [0.29, 0.717) is 13.0 Å². The molecule has 5 nitrogen and oxygen atoms in total. The van der Waals surface area contributed by atoms with Gasteiger partial charge in [0.1, 0.15) is 11.0 Å². The number of nitrogens with zero attached hydrogens (tertiary/aromatic N) is 2. The van der Waals surface area contributed by atoms with Gasteiger partial charge in [0.15, 0.2) is 0 Å². The number of pyridine rings is 1. The van der Waals surface area contributed by atoms with Crippen LogP contribution in [0.1, 0.15) is 23.7 Å². The van der Waals surface area contributed by atoms with Gasteiger partial charge in [-0.1, -0.05) is 36.9 Å². The first-order chi connectivity index (χ1) is 12.1. The van der Waals surface area contributed by atoms with Gasteiger partial charge in [0.05, 0.1) is 17.8 Å². The maximum atomic E-state index is 11.5. The SMILES string of the molecule is CCc1ccc(CCOc2ccc(CC3SC(=O)[N-]C3=O)cc2)nc1.[Na+]. The summed E-state index contributed by atoms with van der Waals surface area (Å²) in [7, 11) is 0. The Morgan fingerprint density at radius 2 is 1.85 bits per heavy atom. The Labute approximate surface area is 179 Å². The molecule has 3 rings (SSSR count). The first kappa shape index (κ1) is 21.0. The monoisotopic (exact) mass is 378 g/mol. The fourth-order valence-electron chi connectivity index (χ4n) is 2.51. The van der Waals surface area contributed by atoms with Crippen molar-refractivity contribution >= 4 is 22.9 Å². The minimum atomic E-state index is -0.393. The molecule has 7 heteroatoms. The molecule has 0 radical (unpaired) electrons. The van der Waals surface area contributed by atoms with Crippen molar-refractivity contribution < 1.29 is 43.9 Å². The second-order valence-corrected chi connectivity index (χ2v) is 6.93. The molecule has 26 heavy (non-hydrogen) atoms. The van der Waals surface area contributed by atoms with E-state index < -0.39 is 10.5 Å². The summed E-state index contributed by atoms with van der Waals surface area (Å²) in [5, 5.41) is 2.63. The van der Waals surface area contributed by atoms with Crippen LogP contribution in [0.25, 0.3) is 5.32 Å². The second kappa shape index (κ2) is 10.1. The van der Waals surface area contributed by atoms with Crippen molar-refractivity contribution in [3.05, 3.63) is 64.7 Å². The van der Waals surface area contributed by atoms with Gasteiger partial charge in [-0.3, -0.25) is 4.98 Å². The number of imide groups is 1. The van der Waals surface area contributed by atoms with Crippen LogP contribution in [0.5, 0.6) is 5.75 Å². The fraction of sp³-hybridized carbons (Fsp3) is 0.316. The number of rotatable bonds is 7. The summed E-state index contributed by atoms with van der Waals surface area (Å²) >= 11 is 0.993. The quantitative estimate of drug-likeness (QED) is 0.671. The molecular weight excluding hydrogens is 359 g/mol.